The average Bonchev–Trinajstić information content (AvgIpc) is 3.10. The van der Waals surface area contributed by atoms with Crippen LogP contribution in [0.5, 0.6) is 0 Å². The van der Waals surface area contributed by atoms with Crippen molar-refractivity contribution in [1.29, 1.82) is 0 Å². The first-order valence-electron chi connectivity index (χ1n) is 9.94. The zero-order valence-electron chi connectivity index (χ0n) is 18.0. The van der Waals surface area contributed by atoms with Crippen LogP contribution >= 0.6 is 0 Å². The number of amides is 1. The quantitative estimate of drug-likeness (QED) is 0.576. The fourth-order valence-electron chi connectivity index (χ4n) is 3.59. The second-order valence-electron chi connectivity index (χ2n) is 8.57. The zero-order chi connectivity index (χ0) is 22.6. The maximum absolute atomic E-state index is 13.1. The van der Waals surface area contributed by atoms with E-state index in [2.05, 4.69) is 15.3 Å². The number of nitrogens with one attached hydrogen (secondary N) is 1. The van der Waals surface area contributed by atoms with E-state index in [1.807, 2.05) is 24.3 Å². The number of methoxy groups -OCH3 is 1. The summed E-state index contributed by atoms with van der Waals surface area (Å²) >= 11 is 0. The first-order chi connectivity index (χ1) is 14.6. The van der Waals surface area contributed by atoms with Crippen molar-refractivity contribution in [2.75, 3.05) is 7.11 Å². The maximum atomic E-state index is 13.1. The third kappa shape index (κ3) is 5.65. The van der Waals surface area contributed by atoms with Crippen molar-refractivity contribution in [2.45, 2.75) is 45.3 Å². The van der Waals surface area contributed by atoms with E-state index in [0.29, 0.717) is 24.2 Å². The standard InChI is InChI=1S/C23H26FN3O4/c1-22(2,3)31-21(29)27-18-8-9-23(12-18,20(28)30-4)11-15-6-5-7-16(10-15)19-25-13-17(24)14-26-19/h5-10,13-14,18H,11-12H2,1-4H3,(H,27,29)/t18-,23+/m0/s1. The lowest BCUT2D eigenvalue weighted by Gasteiger charge is -2.27. The lowest BCUT2D eigenvalue weighted by atomic mass is 9.80. The Kier molecular flexibility index (Phi) is 6.38. The number of rotatable bonds is 5. The van der Waals surface area contributed by atoms with Crippen LogP contribution in [0.1, 0.15) is 32.8 Å². The van der Waals surface area contributed by atoms with Gasteiger partial charge in [-0.05, 0) is 45.2 Å². The molecular weight excluding hydrogens is 401 g/mol. The lowest BCUT2D eigenvalue weighted by molar-refractivity contribution is -0.150. The third-order valence-corrected chi connectivity index (χ3v) is 4.85. The highest BCUT2D eigenvalue weighted by Crippen LogP contribution is 2.38. The van der Waals surface area contributed by atoms with Crippen LogP contribution < -0.4 is 5.32 Å². The largest absolute Gasteiger partial charge is 0.468 e. The molecule has 0 unspecified atom stereocenters. The molecule has 1 aliphatic rings. The summed E-state index contributed by atoms with van der Waals surface area (Å²) in [6.45, 7) is 5.36. The highest BCUT2D eigenvalue weighted by Gasteiger charge is 2.43. The first kappa shape index (κ1) is 22.4. The van der Waals surface area contributed by atoms with Gasteiger partial charge in [-0.15, -0.1) is 0 Å². The van der Waals surface area contributed by atoms with E-state index in [1.54, 1.807) is 32.9 Å². The lowest BCUT2D eigenvalue weighted by Crippen LogP contribution is -2.40. The van der Waals surface area contributed by atoms with Crippen molar-refractivity contribution in [1.82, 2.24) is 15.3 Å². The molecule has 0 fully saturated rings. The Hall–Kier alpha value is -3.29. The second kappa shape index (κ2) is 8.83. The Morgan fingerprint density at radius 2 is 1.97 bits per heavy atom. The van der Waals surface area contributed by atoms with Gasteiger partial charge in [0, 0.05) is 5.56 Å². The topological polar surface area (TPSA) is 90.4 Å². The summed E-state index contributed by atoms with van der Waals surface area (Å²) in [5.41, 5.74) is 0.0205. The van der Waals surface area contributed by atoms with Crippen LogP contribution in [-0.4, -0.2) is 40.8 Å². The number of halogens is 1. The van der Waals surface area contributed by atoms with Gasteiger partial charge in [0.2, 0.25) is 0 Å². The van der Waals surface area contributed by atoms with Gasteiger partial charge in [0.1, 0.15) is 5.60 Å². The molecule has 0 bridgehead atoms. The minimum Gasteiger partial charge on any atom is -0.468 e. The summed E-state index contributed by atoms with van der Waals surface area (Å²) < 4.78 is 23.5. The molecule has 164 valence electrons. The second-order valence-corrected chi connectivity index (χ2v) is 8.57. The van der Waals surface area contributed by atoms with Crippen LogP contribution in [0.25, 0.3) is 11.4 Å². The number of nitrogens with zero attached hydrogens (tertiary/aromatic N) is 2. The molecule has 0 saturated heterocycles. The number of ether oxygens (including phenoxy) is 2. The molecule has 0 spiro atoms. The van der Waals surface area contributed by atoms with E-state index in [0.717, 1.165) is 18.0 Å². The Morgan fingerprint density at radius 3 is 2.61 bits per heavy atom. The van der Waals surface area contributed by atoms with E-state index in [1.165, 1.54) is 7.11 Å². The summed E-state index contributed by atoms with van der Waals surface area (Å²) in [5, 5.41) is 2.79. The van der Waals surface area contributed by atoms with Gasteiger partial charge in [-0.3, -0.25) is 4.79 Å². The minimum atomic E-state index is -0.934. The molecule has 1 aromatic heterocycles. The molecule has 0 saturated carbocycles. The van der Waals surface area contributed by atoms with Crippen LogP contribution in [0.4, 0.5) is 9.18 Å². The Labute approximate surface area is 180 Å². The van der Waals surface area contributed by atoms with Crippen LogP contribution in [0.3, 0.4) is 0 Å². The van der Waals surface area contributed by atoms with E-state index in [-0.39, 0.29) is 12.0 Å². The predicted octanol–water partition coefficient (Wildman–Crippen LogP) is 3.84. The molecule has 0 radical (unpaired) electrons. The normalized spacial score (nSPS) is 20.4. The molecule has 2 aromatic rings. The molecule has 1 N–H and O–H groups in total. The molecule has 1 aliphatic carbocycles. The number of aromatic nitrogens is 2. The third-order valence-electron chi connectivity index (χ3n) is 4.85. The number of hydrogen-bond donors (Lipinski definition) is 1. The fourth-order valence-corrected chi connectivity index (χ4v) is 3.59. The van der Waals surface area contributed by atoms with Gasteiger partial charge in [0.15, 0.2) is 11.6 Å². The summed E-state index contributed by atoms with van der Waals surface area (Å²) in [6.07, 6.45) is 5.94. The summed E-state index contributed by atoms with van der Waals surface area (Å²) in [6, 6.07) is 7.04. The summed E-state index contributed by atoms with van der Waals surface area (Å²) in [7, 11) is 1.34. The maximum Gasteiger partial charge on any atom is 0.408 e. The van der Waals surface area contributed by atoms with E-state index >= 15 is 0 Å². The van der Waals surface area contributed by atoms with Gasteiger partial charge in [0.25, 0.3) is 0 Å². The van der Waals surface area contributed by atoms with Crippen LogP contribution in [0, 0.1) is 11.2 Å². The molecule has 7 nitrogen and oxygen atoms in total. The minimum absolute atomic E-state index is 0.343. The van der Waals surface area contributed by atoms with Gasteiger partial charge >= 0.3 is 12.1 Å². The van der Waals surface area contributed by atoms with Gasteiger partial charge in [-0.25, -0.2) is 19.2 Å². The number of alkyl carbamates (subject to hydrolysis) is 1. The van der Waals surface area contributed by atoms with Crippen LogP contribution in [0.15, 0.2) is 48.8 Å². The predicted molar refractivity (Wildman–Crippen MR) is 112 cm³/mol. The van der Waals surface area contributed by atoms with Gasteiger partial charge < -0.3 is 14.8 Å². The molecule has 1 amide bonds. The van der Waals surface area contributed by atoms with Crippen molar-refractivity contribution < 1.29 is 23.5 Å². The number of esters is 1. The SMILES string of the molecule is COC(=O)[C@@]1(Cc2cccc(-c3ncc(F)cn3)c2)C=C[C@H](NC(=O)OC(C)(C)C)C1. The van der Waals surface area contributed by atoms with Crippen molar-refractivity contribution in [3.8, 4) is 11.4 Å². The Balaban J connectivity index is 1.78. The number of benzene rings is 1. The van der Waals surface area contributed by atoms with E-state index < -0.39 is 22.9 Å². The number of carbonyl (C=O) groups excluding carboxylic acids is 2. The number of hydrogen-bond acceptors (Lipinski definition) is 6. The van der Waals surface area contributed by atoms with E-state index in [9.17, 15) is 14.0 Å². The first-order valence-corrected chi connectivity index (χ1v) is 9.94. The molecule has 8 heteroatoms. The fraction of sp³-hybridized carbons (Fsp3) is 0.391. The van der Waals surface area contributed by atoms with Crippen LogP contribution in [-0.2, 0) is 20.7 Å². The summed E-state index contributed by atoms with van der Waals surface area (Å²) in [4.78, 5) is 32.9. The average molecular weight is 427 g/mol. The Bertz CT molecular complexity index is 985. The zero-order valence-corrected chi connectivity index (χ0v) is 18.0. The van der Waals surface area contributed by atoms with Crippen molar-refractivity contribution >= 4 is 12.1 Å². The molecule has 3 rings (SSSR count). The van der Waals surface area contributed by atoms with Crippen molar-refractivity contribution in [3.63, 3.8) is 0 Å². The van der Waals surface area contributed by atoms with Crippen LogP contribution in [0.2, 0.25) is 0 Å². The summed E-state index contributed by atoms with van der Waals surface area (Å²) in [5.74, 6) is -0.508. The van der Waals surface area contributed by atoms with Gasteiger partial charge in [-0.2, -0.15) is 0 Å². The molecular formula is C23H26FN3O4. The van der Waals surface area contributed by atoms with Gasteiger partial charge in [-0.1, -0.05) is 30.4 Å². The van der Waals surface area contributed by atoms with Crippen molar-refractivity contribution in [2.24, 2.45) is 5.41 Å². The molecule has 0 aliphatic heterocycles. The van der Waals surface area contributed by atoms with Crippen molar-refractivity contribution in [3.05, 3.63) is 60.2 Å². The van der Waals surface area contributed by atoms with E-state index in [4.69, 9.17) is 9.47 Å². The monoisotopic (exact) mass is 427 g/mol. The number of carbonyl (C=O) groups is 2. The Morgan fingerprint density at radius 1 is 1.26 bits per heavy atom. The smallest absolute Gasteiger partial charge is 0.408 e. The highest BCUT2D eigenvalue weighted by molar-refractivity contribution is 5.81. The van der Waals surface area contributed by atoms with Gasteiger partial charge in [0.05, 0.1) is 31.0 Å². The molecule has 31 heavy (non-hydrogen) atoms. The highest BCUT2D eigenvalue weighted by atomic mass is 19.1. The molecule has 1 aromatic carbocycles. The molecule has 1 heterocycles. The molecule has 2 atom stereocenters.